The number of hydrogen-bond donors (Lipinski definition) is 1. The molecule has 6 nitrogen and oxygen atoms in total. The van der Waals surface area contributed by atoms with Gasteiger partial charge >= 0.3 is 12.2 Å². The molecule has 9 heteroatoms. The highest BCUT2D eigenvalue weighted by Gasteiger charge is 2.45. The second-order valence-electron chi connectivity index (χ2n) is 7.97. The van der Waals surface area contributed by atoms with Crippen molar-refractivity contribution in [3.05, 3.63) is 59.8 Å². The van der Waals surface area contributed by atoms with Crippen molar-refractivity contribution in [1.29, 1.82) is 0 Å². The number of anilines is 2. The average Bonchev–Trinajstić information content (AvgIpc) is 3.42. The van der Waals surface area contributed by atoms with Crippen LogP contribution in [0.15, 0.2) is 48.7 Å². The standard InChI is InChI=1S/C22H20F3N5O/c1-29-11-10-19(28-29)27-21(31)30-18-7-3-6-15(18)16-8-9-17(26-20(16)30)13-4-2-5-14(12-13)22(23,24)25/h2,4-5,8-12,15,18H,3,6-7H2,1H3,(H,27,28,31). The van der Waals surface area contributed by atoms with Gasteiger partial charge in [-0.25, -0.2) is 9.78 Å². The molecule has 1 N–H and O–H groups in total. The van der Waals surface area contributed by atoms with E-state index in [0.717, 1.165) is 37.0 Å². The van der Waals surface area contributed by atoms with Crippen LogP contribution in [0.3, 0.4) is 0 Å². The van der Waals surface area contributed by atoms with Gasteiger partial charge in [-0.1, -0.05) is 24.6 Å². The molecule has 160 valence electrons. The molecular formula is C22H20F3N5O. The molecule has 1 aliphatic heterocycles. The number of urea groups is 1. The van der Waals surface area contributed by atoms with Crippen LogP contribution in [0.4, 0.5) is 29.6 Å². The third-order valence-corrected chi connectivity index (χ3v) is 6.00. The molecule has 0 spiro atoms. The lowest BCUT2D eigenvalue weighted by molar-refractivity contribution is -0.137. The molecule has 0 saturated heterocycles. The van der Waals surface area contributed by atoms with Crippen molar-refractivity contribution in [1.82, 2.24) is 14.8 Å². The Morgan fingerprint density at radius 1 is 1.16 bits per heavy atom. The first-order valence-corrected chi connectivity index (χ1v) is 10.1. The van der Waals surface area contributed by atoms with Crippen LogP contribution in [0.25, 0.3) is 11.3 Å². The van der Waals surface area contributed by atoms with Gasteiger partial charge in [0.05, 0.1) is 11.3 Å². The SMILES string of the molecule is Cn1ccc(NC(=O)N2c3nc(-c4cccc(C(F)(F)F)c4)ccc3C3CCCC32)n1. The molecule has 2 unspecified atom stereocenters. The van der Waals surface area contributed by atoms with Crippen LogP contribution in [0.2, 0.25) is 0 Å². The zero-order chi connectivity index (χ0) is 21.8. The molecule has 2 atom stereocenters. The molecule has 5 rings (SSSR count). The van der Waals surface area contributed by atoms with Crippen molar-refractivity contribution in [3.8, 4) is 11.3 Å². The third-order valence-electron chi connectivity index (χ3n) is 6.00. The van der Waals surface area contributed by atoms with Gasteiger partial charge in [-0.15, -0.1) is 0 Å². The minimum absolute atomic E-state index is 0.0111. The van der Waals surface area contributed by atoms with Crippen LogP contribution >= 0.6 is 0 Å². The number of hydrogen-bond acceptors (Lipinski definition) is 3. The van der Waals surface area contributed by atoms with Gasteiger partial charge in [-0.05, 0) is 31.0 Å². The maximum Gasteiger partial charge on any atom is 0.416 e. The Morgan fingerprint density at radius 3 is 2.74 bits per heavy atom. The Balaban J connectivity index is 1.52. The number of nitrogens with zero attached hydrogens (tertiary/aromatic N) is 4. The molecule has 2 aromatic heterocycles. The first-order valence-electron chi connectivity index (χ1n) is 10.1. The lowest BCUT2D eigenvalue weighted by atomic mass is 9.98. The van der Waals surface area contributed by atoms with E-state index in [1.54, 1.807) is 41.0 Å². The van der Waals surface area contributed by atoms with Gasteiger partial charge in [0, 0.05) is 42.4 Å². The zero-order valence-electron chi connectivity index (χ0n) is 16.7. The maximum atomic E-state index is 13.1. The van der Waals surface area contributed by atoms with Crippen molar-refractivity contribution in [2.24, 2.45) is 7.05 Å². The summed E-state index contributed by atoms with van der Waals surface area (Å²) in [4.78, 5) is 19.4. The summed E-state index contributed by atoms with van der Waals surface area (Å²) in [5.41, 5.74) is 1.00. The first kappa shape index (κ1) is 19.6. The number of rotatable bonds is 2. The Labute approximate surface area is 176 Å². The Hall–Kier alpha value is -3.36. The number of amides is 2. The van der Waals surface area contributed by atoms with Crippen LogP contribution in [0.5, 0.6) is 0 Å². The van der Waals surface area contributed by atoms with Crippen molar-refractivity contribution in [2.75, 3.05) is 10.2 Å². The molecule has 3 heterocycles. The summed E-state index contributed by atoms with van der Waals surface area (Å²) in [5.74, 6) is 1.13. The number of aryl methyl sites for hydroxylation is 1. The number of nitrogens with one attached hydrogen (secondary N) is 1. The van der Waals surface area contributed by atoms with E-state index >= 15 is 0 Å². The van der Waals surface area contributed by atoms with Crippen molar-refractivity contribution in [3.63, 3.8) is 0 Å². The fourth-order valence-corrected chi connectivity index (χ4v) is 4.62. The first-order chi connectivity index (χ1) is 14.8. The number of fused-ring (bicyclic) bond motifs is 3. The number of halogens is 3. The normalized spacial score (nSPS) is 19.9. The van der Waals surface area contributed by atoms with Crippen LogP contribution in [0.1, 0.15) is 36.3 Å². The van der Waals surface area contributed by atoms with Gasteiger partial charge < -0.3 is 0 Å². The maximum absolute atomic E-state index is 13.1. The minimum atomic E-state index is -4.43. The van der Waals surface area contributed by atoms with E-state index in [0.29, 0.717) is 22.9 Å². The second-order valence-corrected chi connectivity index (χ2v) is 7.97. The van der Waals surface area contributed by atoms with Gasteiger partial charge in [-0.2, -0.15) is 18.3 Å². The zero-order valence-corrected chi connectivity index (χ0v) is 16.7. The smallest absolute Gasteiger partial charge is 0.290 e. The molecular weight excluding hydrogens is 407 g/mol. The number of carbonyl (C=O) groups is 1. The van der Waals surface area contributed by atoms with E-state index in [9.17, 15) is 18.0 Å². The summed E-state index contributed by atoms with van der Waals surface area (Å²) in [6.07, 6.45) is 0.122. The predicted octanol–water partition coefficient (Wildman–Crippen LogP) is 5.19. The summed E-state index contributed by atoms with van der Waals surface area (Å²) >= 11 is 0. The van der Waals surface area contributed by atoms with Gasteiger partial charge in [-0.3, -0.25) is 14.9 Å². The van der Waals surface area contributed by atoms with Crippen LogP contribution in [0, 0.1) is 0 Å². The summed E-state index contributed by atoms with van der Waals surface area (Å²) in [7, 11) is 1.76. The molecule has 0 bridgehead atoms. The topological polar surface area (TPSA) is 63.1 Å². The Kier molecular flexibility index (Phi) is 4.49. The Bertz CT molecular complexity index is 1160. The molecule has 1 aromatic carbocycles. The van der Waals surface area contributed by atoms with E-state index in [1.807, 2.05) is 6.07 Å². The second kappa shape index (κ2) is 7.11. The van der Waals surface area contributed by atoms with Gasteiger partial charge in [0.15, 0.2) is 5.82 Å². The van der Waals surface area contributed by atoms with Crippen LogP contribution in [-0.4, -0.2) is 26.8 Å². The highest BCUT2D eigenvalue weighted by Crippen LogP contribution is 2.49. The third kappa shape index (κ3) is 3.43. The van der Waals surface area contributed by atoms with Crippen LogP contribution in [-0.2, 0) is 13.2 Å². The minimum Gasteiger partial charge on any atom is -0.290 e. The van der Waals surface area contributed by atoms with Gasteiger partial charge in [0.2, 0.25) is 0 Å². The van der Waals surface area contributed by atoms with Gasteiger partial charge in [0.25, 0.3) is 0 Å². The quantitative estimate of drug-likeness (QED) is 0.612. The van der Waals surface area contributed by atoms with Gasteiger partial charge in [0.1, 0.15) is 5.82 Å². The lowest BCUT2D eigenvalue weighted by Gasteiger charge is -2.24. The fraction of sp³-hybridized carbons (Fsp3) is 0.318. The van der Waals surface area contributed by atoms with E-state index in [-0.39, 0.29) is 18.0 Å². The number of carbonyl (C=O) groups excluding carboxylic acids is 1. The monoisotopic (exact) mass is 427 g/mol. The molecule has 2 aliphatic rings. The highest BCUT2D eigenvalue weighted by molar-refractivity contribution is 6.03. The Morgan fingerprint density at radius 2 is 2.00 bits per heavy atom. The molecule has 1 fully saturated rings. The largest absolute Gasteiger partial charge is 0.416 e. The highest BCUT2D eigenvalue weighted by atomic mass is 19.4. The van der Waals surface area contributed by atoms with Crippen molar-refractivity contribution >= 4 is 17.7 Å². The number of alkyl halides is 3. The summed E-state index contributed by atoms with van der Waals surface area (Å²) in [6, 6.07) is 10.1. The molecule has 0 radical (unpaired) electrons. The van der Waals surface area contributed by atoms with E-state index in [4.69, 9.17) is 0 Å². The van der Waals surface area contributed by atoms with Crippen LogP contribution < -0.4 is 10.2 Å². The number of aromatic nitrogens is 3. The summed E-state index contributed by atoms with van der Waals surface area (Å²) in [6.45, 7) is 0. The number of benzene rings is 1. The predicted molar refractivity (Wildman–Crippen MR) is 110 cm³/mol. The molecule has 3 aromatic rings. The van der Waals surface area contributed by atoms with Crippen molar-refractivity contribution < 1.29 is 18.0 Å². The lowest BCUT2D eigenvalue weighted by Crippen LogP contribution is -2.40. The average molecular weight is 427 g/mol. The molecule has 1 aliphatic carbocycles. The number of pyridine rings is 1. The van der Waals surface area contributed by atoms with Crippen molar-refractivity contribution in [2.45, 2.75) is 37.4 Å². The summed E-state index contributed by atoms with van der Waals surface area (Å²) in [5, 5.41) is 7.01. The van der Waals surface area contributed by atoms with E-state index < -0.39 is 11.7 Å². The fourth-order valence-electron chi connectivity index (χ4n) is 4.62. The summed E-state index contributed by atoms with van der Waals surface area (Å²) < 4.78 is 41.0. The molecule has 31 heavy (non-hydrogen) atoms. The van der Waals surface area contributed by atoms with E-state index in [2.05, 4.69) is 15.4 Å². The molecule has 2 amide bonds. The molecule has 1 saturated carbocycles. The van der Waals surface area contributed by atoms with E-state index in [1.165, 1.54) is 6.07 Å².